The topological polar surface area (TPSA) is 29.5 Å². The van der Waals surface area contributed by atoms with E-state index in [-0.39, 0.29) is 5.97 Å². The van der Waals surface area contributed by atoms with Gasteiger partial charge in [0.1, 0.15) is 6.61 Å². The van der Waals surface area contributed by atoms with Crippen molar-refractivity contribution in [2.45, 2.75) is 104 Å². The molecule has 0 aliphatic carbocycles. The van der Waals surface area contributed by atoms with E-state index in [0.717, 1.165) is 19.5 Å². The lowest BCUT2D eigenvalue weighted by Gasteiger charge is -2.16. The van der Waals surface area contributed by atoms with Crippen LogP contribution in [-0.2, 0) is 9.53 Å². The Morgan fingerprint density at radius 2 is 1.21 bits per heavy atom. The summed E-state index contributed by atoms with van der Waals surface area (Å²) in [6, 6.07) is 0. The highest BCUT2D eigenvalue weighted by Gasteiger charge is 2.04. The number of esters is 1. The smallest absolute Gasteiger partial charge is 0.305 e. The van der Waals surface area contributed by atoms with Gasteiger partial charge in [-0.05, 0) is 26.4 Å². The molecule has 0 aromatic carbocycles. The summed E-state index contributed by atoms with van der Waals surface area (Å²) in [4.78, 5) is 14.0. The maximum atomic E-state index is 11.7. The minimum Gasteiger partial charge on any atom is -0.464 e. The van der Waals surface area contributed by atoms with Gasteiger partial charge in [-0.15, -0.1) is 0 Å². The van der Waals surface area contributed by atoms with Crippen LogP contribution in [0.1, 0.15) is 104 Å². The van der Waals surface area contributed by atoms with E-state index in [1.807, 2.05) is 0 Å². The molecule has 0 saturated heterocycles. The summed E-state index contributed by atoms with van der Waals surface area (Å²) >= 11 is 0. The summed E-state index contributed by atoms with van der Waals surface area (Å²) in [5.74, 6) is -0.0164. The van der Waals surface area contributed by atoms with Crippen LogP contribution in [0.25, 0.3) is 0 Å². The second-order valence-corrected chi connectivity index (χ2v) is 7.16. The maximum Gasteiger partial charge on any atom is 0.305 e. The summed E-state index contributed by atoms with van der Waals surface area (Å²) in [6.45, 7) is 6.99. The van der Waals surface area contributed by atoms with Gasteiger partial charge in [-0.2, -0.15) is 0 Å². The van der Waals surface area contributed by atoms with Crippen LogP contribution in [0.3, 0.4) is 0 Å². The first-order chi connectivity index (χ1) is 11.7. The molecule has 0 atom stereocenters. The Bertz CT molecular complexity index is 269. The molecule has 0 aliphatic heterocycles. The molecular formula is C21H43NO2. The lowest BCUT2D eigenvalue weighted by molar-refractivity contribution is -0.144. The number of hydrogen-bond acceptors (Lipinski definition) is 3. The van der Waals surface area contributed by atoms with Gasteiger partial charge in [0.25, 0.3) is 0 Å². The third-order valence-corrected chi connectivity index (χ3v) is 4.61. The normalized spacial score (nSPS) is 11.2. The number of carbonyl (C=O) groups is 1. The summed E-state index contributed by atoms with van der Waals surface area (Å²) < 4.78 is 5.33. The van der Waals surface area contributed by atoms with Gasteiger partial charge >= 0.3 is 5.97 Å². The zero-order valence-electron chi connectivity index (χ0n) is 16.8. The molecule has 144 valence electrons. The molecule has 0 bridgehead atoms. The zero-order valence-corrected chi connectivity index (χ0v) is 16.8. The van der Waals surface area contributed by atoms with Crippen LogP contribution in [0.4, 0.5) is 0 Å². The lowest BCUT2D eigenvalue weighted by atomic mass is 10.1. The molecule has 24 heavy (non-hydrogen) atoms. The number of carbonyl (C=O) groups excluding carboxylic acids is 1. The first-order valence-electron chi connectivity index (χ1n) is 10.5. The van der Waals surface area contributed by atoms with Crippen LogP contribution in [0.2, 0.25) is 0 Å². The SMILES string of the molecule is CCCCCCCCCCCC(=O)OCCN(C)CCCCCC. The minimum atomic E-state index is -0.0164. The number of likely N-dealkylation sites (N-methyl/N-ethyl adjacent to an activating group) is 1. The lowest BCUT2D eigenvalue weighted by Crippen LogP contribution is -2.25. The molecule has 0 spiro atoms. The summed E-state index contributed by atoms with van der Waals surface area (Å²) in [7, 11) is 2.11. The molecule has 0 aromatic rings. The molecule has 0 unspecified atom stereocenters. The molecule has 0 amide bonds. The van der Waals surface area contributed by atoms with Crippen molar-refractivity contribution in [2.24, 2.45) is 0 Å². The first-order valence-corrected chi connectivity index (χ1v) is 10.5. The van der Waals surface area contributed by atoms with E-state index in [9.17, 15) is 4.79 Å². The second kappa shape index (κ2) is 18.8. The second-order valence-electron chi connectivity index (χ2n) is 7.16. The van der Waals surface area contributed by atoms with Crippen LogP contribution >= 0.6 is 0 Å². The van der Waals surface area contributed by atoms with Crippen LogP contribution in [0.15, 0.2) is 0 Å². The van der Waals surface area contributed by atoms with Crippen molar-refractivity contribution in [3.8, 4) is 0 Å². The van der Waals surface area contributed by atoms with Crippen molar-refractivity contribution >= 4 is 5.97 Å². The van der Waals surface area contributed by atoms with Crippen LogP contribution in [0.5, 0.6) is 0 Å². The standard InChI is InChI=1S/C21H43NO2/c1-4-6-8-10-11-12-13-14-15-17-21(23)24-20-19-22(3)18-16-9-7-5-2/h4-20H2,1-3H3. The number of nitrogens with zero attached hydrogens (tertiary/aromatic N) is 1. The molecule has 0 radical (unpaired) electrons. The highest BCUT2D eigenvalue weighted by molar-refractivity contribution is 5.69. The van der Waals surface area contributed by atoms with Crippen molar-refractivity contribution in [2.75, 3.05) is 26.7 Å². The van der Waals surface area contributed by atoms with Gasteiger partial charge in [0, 0.05) is 13.0 Å². The maximum absolute atomic E-state index is 11.7. The molecule has 0 rings (SSSR count). The minimum absolute atomic E-state index is 0.0164. The average Bonchev–Trinajstić information content (AvgIpc) is 2.57. The fraction of sp³-hybridized carbons (Fsp3) is 0.952. The number of rotatable bonds is 18. The van der Waals surface area contributed by atoms with Crippen LogP contribution < -0.4 is 0 Å². The third-order valence-electron chi connectivity index (χ3n) is 4.61. The van der Waals surface area contributed by atoms with Gasteiger partial charge in [0.2, 0.25) is 0 Å². The van der Waals surface area contributed by atoms with Gasteiger partial charge in [-0.1, -0.05) is 84.5 Å². The number of unbranched alkanes of at least 4 members (excludes halogenated alkanes) is 11. The highest BCUT2D eigenvalue weighted by Crippen LogP contribution is 2.10. The Morgan fingerprint density at radius 3 is 1.79 bits per heavy atom. The Kier molecular flexibility index (Phi) is 18.3. The predicted octanol–water partition coefficient (Wildman–Crippen LogP) is 5.96. The summed E-state index contributed by atoms with van der Waals surface area (Å²) in [6.07, 6.45) is 17.3. The first kappa shape index (κ1) is 23.4. The Labute approximate surface area is 151 Å². The van der Waals surface area contributed by atoms with Gasteiger partial charge in [-0.25, -0.2) is 0 Å². The van der Waals surface area contributed by atoms with Gasteiger partial charge < -0.3 is 9.64 Å². The summed E-state index contributed by atoms with van der Waals surface area (Å²) in [5, 5.41) is 0. The van der Waals surface area contributed by atoms with E-state index >= 15 is 0 Å². The van der Waals surface area contributed by atoms with Crippen molar-refractivity contribution < 1.29 is 9.53 Å². The number of hydrogen-bond donors (Lipinski definition) is 0. The molecular weight excluding hydrogens is 298 g/mol. The van der Waals surface area contributed by atoms with E-state index in [2.05, 4.69) is 25.8 Å². The third kappa shape index (κ3) is 17.8. The fourth-order valence-corrected chi connectivity index (χ4v) is 2.89. The largest absolute Gasteiger partial charge is 0.464 e. The number of ether oxygens (including phenoxy) is 1. The van der Waals surface area contributed by atoms with E-state index in [4.69, 9.17) is 4.74 Å². The molecule has 0 aliphatic rings. The summed E-state index contributed by atoms with van der Waals surface area (Å²) in [5.41, 5.74) is 0. The van der Waals surface area contributed by atoms with E-state index in [0.29, 0.717) is 13.0 Å². The average molecular weight is 342 g/mol. The molecule has 3 nitrogen and oxygen atoms in total. The Hall–Kier alpha value is -0.570. The zero-order chi connectivity index (χ0) is 17.9. The van der Waals surface area contributed by atoms with Crippen molar-refractivity contribution in [1.82, 2.24) is 4.90 Å². The van der Waals surface area contributed by atoms with E-state index < -0.39 is 0 Å². The monoisotopic (exact) mass is 341 g/mol. The van der Waals surface area contributed by atoms with E-state index in [1.54, 1.807) is 0 Å². The highest BCUT2D eigenvalue weighted by atomic mass is 16.5. The Balaban J connectivity index is 3.29. The predicted molar refractivity (Wildman–Crippen MR) is 104 cm³/mol. The van der Waals surface area contributed by atoms with Crippen molar-refractivity contribution in [3.63, 3.8) is 0 Å². The quantitative estimate of drug-likeness (QED) is 0.227. The van der Waals surface area contributed by atoms with Crippen LogP contribution in [0, 0.1) is 0 Å². The van der Waals surface area contributed by atoms with Gasteiger partial charge in [0.15, 0.2) is 0 Å². The molecule has 0 N–H and O–H groups in total. The van der Waals surface area contributed by atoms with Crippen LogP contribution in [-0.4, -0.2) is 37.6 Å². The van der Waals surface area contributed by atoms with Gasteiger partial charge in [-0.3, -0.25) is 4.79 Å². The van der Waals surface area contributed by atoms with Crippen molar-refractivity contribution in [1.29, 1.82) is 0 Å². The molecule has 0 saturated carbocycles. The molecule has 3 heteroatoms. The molecule has 0 heterocycles. The molecule has 0 fully saturated rings. The van der Waals surface area contributed by atoms with Crippen molar-refractivity contribution in [3.05, 3.63) is 0 Å². The van der Waals surface area contributed by atoms with Gasteiger partial charge in [0.05, 0.1) is 0 Å². The van der Waals surface area contributed by atoms with E-state index in [1.165, 1.54) is 77.0 Å². The fourth-order valence-electron chi connectivity index (χ4n) is 2.89. The Morgan fingerprint density at radius 1 is 0.708 bits per heavy atom. The molecule has 0 aromatic heterocycles.